The van der Waals surface area contributed by atoms with E-state index in [0.29, 0.717) is 12.1 Å². The third-order valence-corrected chi connectivity index (χ3v) is 4.61. The number of halogens is 1. The number of rotatable bonds is 0. The van der Waals surface area contributed by atoms with Crippen molar-refractivity contribution < 1.29 is 4.57 Å². The highest BCUT2D eigenvalue weighted by molar-refractivity contribution is 7.63. The van der Waals surface area contributed by atoms with Gasteiger partial charge in [-0.3, -0.25) is 0 Å². The standard InChI is InChI=1S/C7H12ClOP/c1-6-5-10(2,9)4-3-7(6)8/h3,6H,4-5H2,1-2H3/t6-,10?/m0/s1. The first-order chi connectivity index (χ1) is 4.51. The molecular formula is C7H12ClOP. The van der Waals surface area contributed by atoms with Gasteiger partial charge in [0.2, 0.25) is 0 Å². The molecule has 0 bridgehead atoms. The van der Waals surface area contributed by atoms with Crippen LogP contribution in [0.1, 0.15) is 6.92 Å². The van der Waals surface area contributed by atoms with E-state index in [0.717, 1.165) is 11.2 Å². The van der Waals surface area contributed by atoms with Gasteiger partial charge < -0.3 is 4.57 Å². The monoisotopic (exact) mass is 178 g/mol. The SMILES string of the molecule is C[C@H]1CP(C)(=O)CC=C1Cl. The molecule has 1 nitrogen and oxygen atoms in total. The van der Waals surface area contributed by atoms with Crippen LogP contribution >= 0.6 is 18.7 Å². The Kier molecular flexibility index (Phi) is 2.27. The zero-order chi connectivity index (χ0) is 7.78. The second-order valence-electron chi connectivity index (χ2n) is 3.15. The van der Waals surface area contributed by atoms with Crippen molar-refractivity contribution in [1.82, 2.24) is 0 Å². The smallest absolute Gasteiger partial charge is 0.0890 e. The van der Waals surface area contributed by atoms with Gasteiger partial charge in [0.15, 0.2) is 0 Å². The van der Waals surface area contributed by atoms with Gasteiger partial charge in [-0.2, -0.15) is 0 Å². The summed E-state index contributed by atoms with van der Waals surface area (Å²) in [6.07, 6.45) is 3.37. The zero-order valence-electron chi connectivity index (χ0n) is 6.30. The molecule has 1 aliphatic heterocycles. The first kappa shape index (κ1) is 8.36. The lowest BCUT2D eigenvalue weighted by molar-refractivity contribution is 0.572. The summed E-state index contributed by atoms with van der Waals surface area (Å²) >= 11 is 5.83. The lowest BCUT2D eigenvalue weighted by atomic mass is 10.2. The van der Waals surface area contributed by atoms with E-state index in [1.165, 1.54) is 0 Å². The highest BCUT2D eigenvalue weighted by Crippen LogP contribution is 2.48. The largest absolute Gasteiger partial charge is 0.323 e. The Labute approximate surface area is 66.8 Å². The van der Waals surface area contributed by atoms with E-state index < -0.39 is 7.14 Å². The molecule has 2 atom stereocenters. The molecule has 0 saturated carbocycles. The molecule has 0 spiro atoms. The van der Waals surface area contributed by atoms with Crippen LogP contribution in [0.4, 0.5) is 0 Å². The number of allylic oxidation sites excluding steroid dienone is 2. The second kappa shape index (κ2) is 2.71. The summed E-state index contributed by atoms with van der Waals surface area (Å²) in [5, 5.41) is 0.883. The van der Waals surface area contributed by atoms with Crippen molar-refractivity contribution in [3.8, 4) is 0 Å². The van der Waals surface area contributed by atoms with Gasteiger partial charge in [0.05, 0.1) is 7.14 Å². The van der Waals surface area contributed by atoms with E-state index >= 15 is 0 Å². The highest BCUT2D eigenvalue weighted by atomic mass is 35.5. The maximum absolute atomic E-state index is 11.5. The lowest BCUT2D eigenvalue weighted by Crippen LogP contribution is -2.09. The molecule has 0 N–H and O–H groups in total. The van der Waals surface area contributed by atoms with Gasteiger partial charge in [0.25, 0.3) is 0 Å². The van der Waals surface area contributed by atoms with Crippen LogP contribution in [-0.2, 0) is 4.57 Å². The highest BCUT2D eigenvalue weighted by Gasteiger charge is 2.24. The van der Waals surface area contributed by atoms with Crippen LogP contribution in [0.15, 0.2) is 11.1 Å². The molecule has 3 heteroatoms. The Morgan fingerprint density at radius 1 is 1.80 bits per heavy atom. The van der Waals surface area contributed by atoms with Crippen molar-refractivity contribution in [2.24, 2.45) is 5.92 Å². The van der Waals surface area contributed by atoms with Crippen molar-refractivity contribution in [3.05, 3.63) is 11.1 Å². The zero-order valence-corrected chi connectivity index (χ0v) is 7.95. The van der Waals surface area contributed by atoms with Crippen LogP contribution in [0.3, 0.4) is 0 Å². The molecule has 0 amide bonds. The Morgan fingerprint density at radius 2 is 2.40 bits per heavy atom. The molecule has 0 aromatic rings. The minimum absolute atomic E-state index is 0.311. The molecule has 10 heavy (non-hydrogen) atoms. The fourth-order valence-corrected chi connectivity index (χ4v) is 3.68. The van der Waals surface area contributed by atoms with Crippen LogP contribution in [0.2, 0.25) is 0 Å². The third kappa shape index (κ3) is 1.87. The molecule has 1 heterocycles. The summed E-state index contributed by atoms with van der Waals surface area (Å²) in [4.78, 5) is 0. The molecule has 0 saturated heterocycles. The Bertz CT molecular complexity index is 210. The summed E-state index contributed by atoms with van der Waals surface area (Å²) in [6, 6.07) is 0. The van der Waals surface area contributed by atoms with Gasteiger partial charge in [-0.15, -0.1) is 0 Å². The molecule has 0 aliphatic carbocycles. The third-order valence-electron chi connectivity index (χ3n) is 1.80. The van der Waals surface area contributed by atoms with Gasteiger partial charge in [-0.05, 0) is 12.6 Å². The van der Waals surface area contributed by atoms with Crippen LogP contribution in [0.5, 0.6) is 0 Å². The van der Waals surface area contributed by atoms with E-state index in [1.807, 2.05) is 19.7 Å². The minimum Gasteiger partial charge on any atom is -0.323 e. The van der Waals surface area contributed by atoms with Crippen molar-refractivity contribution in [2.45, 2.75) is 6.92 Å². The lowest BCUT2D eigenvalue weighted by Gasteiger charge is -2.21. The molecule has 0 radical (unpaired) electrons. The van der Waals surface area contributed by atoms with Crippen LogP contribution in [0.25, 0.3) is 0 Å². The van der Waals surface area contributed by atoms with Crippen molar-refractivity contribution in [2.75, 3.05) is 19.0 Å². The summed E-state index contributed by atoms with van der Waals surface area (Å²) in [7, 11) is -1.84. The second-order valence-corrected chi connectivity index (χ2v) is 6.91. The predicted octanol–water partition coefficient (Wildman–Crippen LogP) is 2.75. The number of hydrogen-bond donors (Lipinski definition) is 0. The first-order valence-electron chi connectivity index (χ1n) is 3.42. The summed E-state index contributed by atoms with van der Waals surface area (Å²) in [5.41, 5.74) is 0. The van der Waals surface area contributed by atoms with Crippen molar-refractivity contribution in [3.63, 3.8) is 0 Å². The summed E-state index contributed by atoms with van der Waals surface area (Å²) in [6.45, 7) is 3.87. The average Bonchev–Trinajstić information content (AvgIpc) is 1.79. The Hall–Kier alpha value is 0.260. The molecule has 1 aliphatic rings. The van der Waals surface area contributed by atoms with Gasteiger partial charge in [0.1, 0.15) is 0 Å². The fourth-order valence-electron chi connectivity index (χ4n) is 1.22. The molecule has 0 aromatic carbocycles. The average molecular weight is 179 g/mol. The van der Waals surface area contributed by atoms with E-state index in [1.54, 1.807) is 0 Å². The molecule has 1 unspecified atom stereocenters. The van der Waals surface area contributed by atoms with Crippen molar-refractivity contribution in [1.29, 1.82) is 0 Å². The van der Waals surface area contributed by atoms with E-state index in [-0.39, 0.29) is 0 Å². The Balaban J connectivity index is 2.79. The number of hydrogen-bond acceptors (Lipinski definition) is 1. The van der Waals surface area contributed by atoms with E-state index in [2.05, 4.69) is 0 Å². The van der Waals surface area contributed by atoms with Gasteiger partial charge in [-0.25, -0.2) is 0 Å². The fraction of sp³-hybridized carbons (Fsp3) is 0.714. The van der Waals surface area contributed by atoms with E-state index in [9.17, 15) is 4.57 Å². The Morgan fingerprint density at radius 3 is 2.80 bits per heavy atom. The molecule has 58 valence electrons. The predicted molar refractivity (Wildman–Crippen MR) is 46.4 cm³/mol. The maximum Gasteiger partial charge on any atom is 0.0890 e. The quantitative estimate of drug-likeness (QED) is 0.522. The van der Waals surface area contributed by atoms with Gasteiger partial charge in [-0.1, -0.05) is 24.6 Å². The van der Waals surface area contributed by atoms with Crippen LogP contribution < -0.4 is 0 Å². The van der Waals surface area contributed by atoms with Gasteiger partial charge in [0, 0.05) is 17.4 Å². The molecule has 0 fully saturated rings. The minimum atomic E-state index is -1.84. The first-order valence-corrected chi connectivity index (χ1v) is 6.32. The van der Waals surface area contributed by atoms with Crippen LogP contribution in [0, 0.1) is 5.92 Å². The maximum atomic E-state index is 11.5. The topological polar surface area (TPSA) is 17.1 Å². The normalized spacial score (nSPS) is 41.1. The summed E-state index contributed by atoms with van der Waals surface area (Å²) in [5.74, 6) is 0.311. The van der Waals surface area contributed by atoms with Crippen molar-refractivity contribution >= 4 is 18.7 Å². The van der Waals surface area contributed by atoms with Gasteiger partial charge >= 0.3 is 0 Å². The van der Waals surface area contributed by atoms with Crippen LogP contribution in [-0.4, -0.2) is 19.0 Å². The molecule has 1 rings (SSSR count). The molecular weight excluding hydrogens is 167 g/mol. The van der Waals surface area contributed by atoms with E-state index in [4.69, 9.17) is 11.6 Å². The summed E-state index contributed by atoms with van der Waals surface area (Å²) < 4.78 is 11.5. The molecule has 0 aromatic heterocycles.